The Morgan fingerprint density at radius 1 is 1.00 bits per heavy atom. The van der Waals surface area contributed by atoms with Gasteiger partial charge in [0.05, 0.1) is 6.20 Å². The highest BCUT2D eigenvalue weighted by Gasteiger charge is 2.18. The zero-order valence-electron chi connectivity index (χ0n) is 11.8. The molecule has 0 amide bonds. The lowest BCUT2D eigenvalue weighted by molar-refractivity contribution is -0.0394. The fourth-order valence-electron chi connectivity index (χ4n) is 2.80. The van der Waals surface area contributed by atoms with Crippen molar-refractivity contribution in [2.24, 2.45) is 0 Å². The Morgan fingerprint density at radius 2 is 1.90 bits per heavy atom. The van der Waals surface area contributed by atoms with Crippen LogP contribution in [0.2, 0.25) is 0 Å². The molecule has 5 heteroatoms. The Balaban J connectivity index is 1.60. The Kier molecular flexibility index (Phi) is 3.27. The standard InChI is InChI=1S/C16H18N2O3/c1-2-6-21-16(3-1)18-11-13(10-17-18)12-4-5-14-15(9-12)20-8-7-19-14/h4-5,9-11,16H,1-3,6-8H2/t16-/m1/s1. The van der Waals surface area contributed by atoms with E-state index in [1.807, 2.05) is 35.3 Å². The molecule has 0 aliphatic carbocycles. The van der Waals surface area contributed by atoms with Crippen LogP contribution in [0.1, 0.15) is 25.5 Å². The van der Waals surface area contributed by atoms with Crippen molar-refractivity contribution >= 4 is 0 Å². The van der Waals surface area contributed by atoms with Crippen molar-refractivity contribution in [3.63, 3.8) is 0 Å². The van der Waals surface area contributed by atoms with Gasteiger partial charge in [-0.25, -0.2) is 4.68 Å². The molecule has 1 aromatic heterocycles. The number of nitrogens with zero attached hydrogens (tertiary/aromatic N) is 2. The van der Waals surface area contributed by atoms with Gasteiger partial charge >= 0.3 is 0 Å². The minimum Gasteiger partial charge on any atom is -0.486 e. The summed E-state index contributed by atoms with van der Waals surface area (Å²) in [6.07, 6.45) is 7.37. The van der Waals surface area contributed by atoms with E-state index in [1.54, 1.807) is 0 Å². The monoisotopic (exact) mass is 286 g/mol. The maximum atomic E-state index is 5.76. The molecular weight excluding hydrogens is 268 g/mol. The quantitative estimate of drug-likeness (QED) is 0.851. The number of benzene rings is 1. The summed E-state index contributed by atoms with van der Waals surface area (Å²) in [7, 11) is 0. The van der Waals surface area contributed by atoms with Crippen LogP contribution in [0.25, 0.3) is 11.1 Å². The lowest BCUT2D eigenvalue weighted by Gasteiger charge is -2.22. The number of hydrogen-bond acceptors (Lipinski definition) is 4. The molecule has 0 bridgehead atoms. The fourth-order valence-corrected chi connectivity index (χ4v) is 2.80. The van der Waals surface area contributed by atoms with Crippen molar-refractivity contribution < 1.29 is 14.2 Å². The van der Waals surface area contributed by atoms with E-state index in [0.29, 0.717) is 13.2 Å². The van der Waals surface area contributed by atoms with Crippen molar-refractivity contribution in [1.82, 2.24) is 9.78 Å². The molecule has 1 saturated heterocycles. The second kappa shape index (κ2) is 5.41. The first-order valence-corrected chi connectivity index (χ1v) is 7.46. The Labute approximate surface area is 123 Å². The van der Waals surface area contributed by atoms with Gasteiger partial charge in [-0.3, -0.25) is 0 Å². The summed E-state index contributed by atoms with van der Waals surface area (Å²) >= 11 is 0. The molecule has 0 unspecified atom stereocenters. The third-order valence-corrected chi connectivity index (χ3v) is 3.93. The Morgan fingerprint density at radius 3 is 2.76 bits per heavy atom. The highest BCUT2D eigenvalue weighted by Crippen LogP contribution is 2.34. The first-order chi connectivity index (χ1) is 10.4. The van der Waals surface area contributed by atoms with E-state index in [1.165, 1.54) is 6.42 Å². The molecule has 5 nitrogen and oxygen atoms in total. The third kappa shape index (κ3) is 2.49. The van der Waals surface area contributed by atoms with E-state index >= 15 is 0 Å². The topological polar surface area (TPSA) is 45.5 Å². The largest absolute Gasteiger partial charge is 0.486 e. The molecule has 1 fully saturated rings. The van der Waals surface area contributed by atoms with E-state index < -0.39 is 0 Å². The molecule has 0 saturated carbocycles. The molecule has 2 aliphatic heterocycles. The average Bonchev–Trinajstić information content (AvgIpc) is 3.05. The van der Waals surface area contributed by atoms with Gasteiger partial charge in [-0.2, -0.15) is 5.10 Å². The van der Waals surface area contributed by atoms with Gasteiger partial charge in [0.25, 0.3) is 0 Å². The molecule has 21 heavy (non-hydrogen) atoms. The van der Waals surface area contributed by atoms with Crippen LogP contribution in [0.4, 0.5) is 0 Å². The van der Waals surface area contributed by atoms with Gasteiger partial charge in [-0.1, -0.05) is 6.07 Å². The van der Waals surface area contributed by atoms with Crippen LogP contribution >= 0.6 is 0 Å². The summed E-state index contributed by atoms with van der Waals surface area (Å²) in [4.78, 5) is 0. The van der Waals surface area contributed by atoms with E-state index in [4.69, 9.17) is 14.2 Å². The molecule has 0 spiro atoms. The molecule has 4 rings (SSSR count). The lowest BCUT2D eigenvalue weighted by atomic mass is 10.1. The first kappa shape index (κ1) is 12.7. The van der Waals surface area contributed by atoms with Gasteiger partial charge in [-0.05, 0) is 37.0 Å². The Bertz CT molecular complexity index is 632. The van der Waals surface area contributed by atoms with Crippen molar-refractivity contribution in [3.8, 4) is 22.6 Å². The summed E-state index contributed by atoms with van der Waals surface area (Å²) in [5, 5.41) is 4.45. The van der Waals surface area contributed by atoms with Crippen LogP contribution in [0.5, 0.6) is 11.5 Å². The van der Waals surface area contributed by atoms with Crippen molar-refractivity contribution in [2.75, 3.05) is 19.8 Å². The molecule has 1 atom stereocenters. The summed E-state index contributed by atoms with van der Waals surface area (Å²) in [6.45, 7) is 2.04. The summed E-state index contributed by atoms with van der Waals surface area (Å²) < 4.78 is 18.9. The van der Waals surface area contributed by atoms with Crippen LogP contribution < -0.4 is 9.47 Å². The summed E-state index contributed by atoms with van der Waals surface area (Å²) in [5.74, 6) is 1.62. The van der Waals surface area contributed by atoms with Crippen molar-refractivity contribution in [2.45, 2.75) is 25.5 Å². The summed E-state index contributed by atoms with van der Waals surface area (Å²) in [5.41, 5.74) is 2.16. The highest BCUT2D eigenvalue weighted by atomic mass is 16.6. The molecule has 0 N–H and O–H groups in total. The number of rotatable bonds is 2. The van der Waals surface area contributed by atoms with Crippen molar-refractivity contribution in [1.29, 1.82) is 0 Å². The van der Waals surface area contributed by atoms with Gasteiger partial charge in [0.1, 0.15) is 19.4 Å². The average molecular weight is 286 g/mol. The second-order valence-corrected chi connectivity index (χ2v) is 5.39. The molecule has 110 valence electrons. The third-order valence-electron chi connectivity index (χ3n) is 3.93. The van der Waals surface area contributed by atoms with E-state index in [0.717, 1.165) is 42.1 Å². The molecule has 1 aromatic carbocycles. The van der Waals surface area contributed by atoms with E-state index in [2.05, 4.69) is 5.10 Å². The van der Waals surface area contributed by atoms with Crippen LogP contribution in [0.15, 0.2) is 30.6 Å². The molecule has 0 radical (unpaired) electrons. The van der Waals surface area contributed by atoms with Crippen LogP contribution in [-0.4, -0.2) is 29.6 Å². The smallest absolute Gasteiger partial charge is 0.161 e. The maximum absolute atomic E-state index is 5.76. The van der Waals surface area contributed by atoms with Crippen molar-refractivity contribution in [3.05, 3.63) is 30.6 Å². The zero-order valence-corrected chi connectivity index (χ0v) is 11.8. The van der Waals surface area contributed by atoms with Gasteiger partial charge in [0.2, 0.25) is 0 Å². The minimum absolute atomic E-state index is 0.0738. The minimum atomic E-state index is 0.0738. The van der Waals surface area contributed by atoms with Gasteiger partial charge < -0.3 is 14.2 Å². The predicted molar refractivity (Wildman–Crippen MR) is 77.5 cm³/mol. The van der Waals surface area contributed by atoms with Gasteiger partial charge in [0.15, 0.2) is 11.5 Å². The van der Waals surface area contributed by atoms with E-state index in [-0.39, 0.29) is 6.23 Å². The van der Waals surface area contributed by atoms with Gasteiger partial charge in [0, 0.05) is 18.4 Å². The van der Waals surface area contributed by atoms with Crippen LogP contribution in [0, 0.1) is 0 Å². The zero-order chi connectivity index (χ0) is 14.1. The van der Waals surface area contributed by atoms with Gasteiger partial charge in [-0.15, -0.1) is 0 Å². The molecular formula is C16H18N2O3. The number of hydrogen-bond donors (Lipinski definition) is 0. The fraction of sp³-hybridized carbons (Fsp3) is 0.438. The normalized spacial score (nSPS) is 21.2. The molecule has 2 aliphatic rings. The number of aromatic nitrogens is 2. The van der Waals surface area contributed by atoms with Crippen LogP contribution in [-0.2, 0) is 4.74 Å². The first-order valence-electron chi connectivity index (χ1n) is 7.46. The van der Waals surface area contributed by atoms with E-state index in [9.17, 15) is 0 Å². The lowest BCUT2D eigenvalue weighted by Crippen LogP contribution is -2.18. The highest BCUT2D eigenvalue weighted by molar-refractivity contribution is 5.66. The van der Waals surface area contributed by atoms with Crippen LogP contribution in [0.3, 0.4) is 0 Å². The summed E-state index contributed by atoms with van der Waals surface area (Å²) in [6, 6.07) is 6.01. The number of fused-ring (bicyclic) bond motifs is 1. The molecule has 3 heterocycles. The molecule has 2 aromatic rings. The SMILES string of the molecule is c1cc2c(cc1-c1cnn([C@H]3CCCCO3)c1)OCCO2. The second-order valence-electron chi connectivity index (χ2n) is 5.39. The number of ether oxygens (including phenoxy) is 3. The predicted octanol–water partition coefficient (Wildman–Crippen LogP) is 3.02. The maximum Gasteiger partial charge on any atom is 0.161 e. The Hall–Kier alpha value is -2.01.